The molecule has 21 heavy (non-hydrogen) atoms. The van der Waals surface area contributed by atoms with Crippen LogP contribution >= 0.6 is 11.6 Å². The number of rotatable bonds is 5. The van der Waals surface area contributed by atoms with Gasteiger partial charge in [0.1, 0.15) is 5.75 Å². The summed E-state index contributed by atoms with van der Waals surface area (Å²) in [4.78, 5) is 4.26. The molecule has 2 aromatic rings. The van der Waals surface area contributed by atoms with Crippen molar-refractivity contribution < 1.29 is 4.74 Å². The molecule has 4 heteroatoms. The SMILES string of the molecule is Cc1ccc(Oc2cc(CNC3CC3)c(Cl)cn2)c(C)c1. The molecule has 3 nitrogen and oxygen atoms in total. The zero-order valence-electron chi connectivity index (χ0n) is 12.3. The third-order valence-electron chi connectivity index (χ3n) is 3.61. The maximum absolute atomic E-state index is 6.20. The third-order valence-corrected chi connectivity index (χ3v) is 3.95. The van der Waals surface area contributed by atoms with Crippen LogP contribution in [0.1, 0.15) is 29.5 Å². The van der Waals surface area contributed by atoms with E-state index in [1.165, 1.54) is 18.4 Å². The van der Waals surface area contributed by atoms with Crippen LogP contribution in [0, 0.1) is 13.8 Å². The highest BCUT2D eigenvalue weighted by Gasteiger charge is 2.20. The first-order chi connectivity index (χ1) is 10.1. The molecule has 1 saturated carbocycles. The fourth-order valence-corrected chi connectivity index (χ4v) is 2.39. The second kappa shape index (κ2) is 6.04. The summed E-state index contributed by atoms with van der Waals surface area (Å²) >= 11 is 6.20. The van der Waals surface area contributed by atoms with Crippen LogP contribution in [0.3, 0.4) is 0 Å². The molecule has 1 aromatic carbocycles. The van der Waals surface area contributed by atoms with E-state index in [9.17, 15) is 0 Å². The summed E-state index contributed by atoms with van der Waals surface area (Å²) in [6.07, 6.45) is 4.17. The summed E-state index contributed by atoms with van der Waals surface area (Å²) < 4.78 is 5.88. The lowest BCUT2D eigenvalue weighted by atomic mass is 10.1. The number of aromatic nitrogens is 1. The van der Waals surface area contributed by atoms with Crippen molar-refractivity contribution in [2.75, 3.05) is 0 Å². The molecule has 1 aliphatic rings. The fraction of sp³-hybridized carbons (Fsp3) is 0.353. The maximum atomic E-state index is 6.20. The van der Waals surface area contributed by atoms with Gasteiger partial charge in [0.25, 0.3) is 0 Å². The Kier molecular flexibility index (Phi) is 4.13. The molecular weight excluding hydrogens is 284 g/mol. The Morgan fingerprint density at radius 3 is 2.81 bits per heavy atom. The predicted octanol–water partition coefficient (Wildman–Crippen LogP) is 4.40. The molecule has 0 amide bonds. The topological polar surface area (TPSA) is 34.1 Å². The Bertz CT molecular complexity index is 653. The average Bonchev–Trinajstić information content (AvgIpc) is 3.26. The Morgan fingerprint density at radius 1 is 1.29 bits per heavy atom. The molecule has 110 valence electrons. The van der Waals surface area contributed by atoms with E-state index in [1.54, 1.807) is 6.20 Å². The van der Waals surface area contributed by atoms with E-state index in [0.717, 1.165) is 23.4 Å². The number of aryl methyl sites for hydroxylation is 2. The molecule has 1 N–H and O–H groups in total. The van der Waals surface area contributed by atoms with Gasteiger partial charge < -0.3 is 10.1 Å². The van der Waals surface area contributed by atoms with Crippen molar-refractivity contribution in [2.45, 2.75) is 39.3 Å². The van der Waals surface area contributed by atoms with Crippen LogP contribution in [0.5, 0.6) is 11.6 Å². The van der Waals surface area contributed by atoms with Gasteiger partial charge in [-0.05, 0) is 43.9 Å². The first-order valence-electron chi connectivity index (χ1n) is 7.25. The summed E-state index contributed by atoms with van der Waals surface area (Å²) in [5, 5.41) is 4.13. The van der Waals surface area contributed by atoms with E-state index in [1.807, 2.05) is 25.1 Å². The first-order valence-corrected chi connectivity index (χ1v) is 7.62. The number of ether oxygens (including phenoxy) is 1. The number of benzene rings is 1. The zero-order chi connectivity index (χ0) is 14.8. The standard InChI is InChI=1S/C17H19ClN2O/c1-11-3-6-16(12(2)7-11)21-17-8-13(15(18)10-20-17)9-19-14-4-5-14/h3,6-8,10,14,19H,4-5,9H2,1-2H3. The van der Waals surface area contributed by atoms with Gasteiger partial charge in [-0.25, -0.2) is 4.98 Å². The molecule has 0 unspecified atom stereocenters. The normalized spacial score (nSPS) is 14.2. The zero-order valence-corrected chi connectivity index (χ0v) is 13.1. The first kappa shape index (κ1) is 14.4. The number of halogens is 1. The predicted molar refractivity (Wildman–Crippen MR) is 85.1 cm³/mol. The van der Waals surface area contributed by atoms with Crippen molar-refractivity contribution in [3.63, 3.8) is 0 Å². The van der Waals surface area contributed by atoms with E-state index in [4.69, 9.17) is 16.3 Å². The average molecular weight is 303 g/mol. The van der Waals surface area contributed by atoms with Crippen LogP contribution in [0.15, 0.2) is 30.5 Å². The van der Waals surface area contributed by atoms with E-state index in [0.29, 0.717) is 16.9 Å². The number of nitrogens with zero attached hydrogens (tertiary/aromatic N) is 1. The van der Waals surface area contributed by atoms with Crippen molar-refractivity contribution in [3.05, 3.63) is 52.2 Å². The molecule has 0 radical (unpaired) electrons. The van der Waals surface area contributed by atoms with Crippen LogP contribution in [-0.4, -0.2) is 11.0 Å². The molecule has 1 fully saturated rings. The lowest BCUT2D eigenvalue weighted by Gasteiger charge is -2.11. The van der Waals surface area contributed by atoms with Crippen LogP contribution in [-0.2, 0) is 6.54 Å². The Hall–Kier alpha value is -1.58. The van der Waals surface area contributed by atoms with Crippen molar-refractivity contribution >= 4 is 11.6 Å². The van der Waals surface area contributed by atoms with Crippen molar-refractivity contribution in [1.29, 1.82) is 0 Å². The Labute approximate surface area is 130 Å². The summed E-state index contributed by atoms with van der Waals surface area (Å²) in [6, 6.07) is 8.67. The fourth-order valence-electron chi connectivity index (χ4n) is 2.22. The molecule has 1 heterocycles. The summed E-state index contributed by atoms with van der Waals surface area (Å²) in [7, 11) is 0. The second-order valence-electron chi connectivity index (χ2n) is 5.64. The van der Waals surface area contributed by atoms with E-state index in [2.05, 4.69) is 23.3 Å². The number of pyridine rings is 1. The van der Waals surface area contributed by atoms with Crippen LogP contribution in [0.4, 0.5) is 0 Å². The Balaban J connectivity index is 1.76. The van der Waals surface area contributed by atoms with Crippen molar-refractivity contribution in [1.82, 2.24) is 10.3 Å². The van der Waals surface area contributed by atoms with Gasteiger partial charge in [0.2, 0.25) is 5.88 Å². The minimum absolute atomic E-state index is 0.582. The van der Waals surface area contributed by atoms with Crippen LogP contribution in [0.2, 0.25) is 5.02 Å². The number of nitrogens with one attached hydrogen (secondary N) is 1. The van der Waals surface area contributed by atoms with Gasteiger partial charge in [0.05, 0.1) is 5.02 Å². The summed E-state index contributed by atoms with van der Waals surface area (Å²) in [5.41, 5.74) is 3.35. The highest BCUT2D eigenvalue weighted by molar-refractivity contribution is 6.31. The molecule has 3 rings (SSSR count). The molecule has 0 bridgehead atoms. The van der Waals surface area contributed by atoms with Gasteiger partial charge in [-0.15, -0.1) is 0 Å². The van der Waals surface area contributed by atoms with Crippen molar-refractivity contribution in [2.24, 2.45) is 0 Å². The molecule has 1 aliphatic carbocycles. The van der Waals surface area contributed by atoms with Crippen LogP contribution < -0.4 is 10.1 Å². The molecule has 0 aliphatic heterocycles. The summed E-state index contributed by atoms with van der Waals surface area (Å²) in [6.45, 7) is 4.86. The number of hydrogen-bond acceptors (Lipinski definition) is 3. The van der Waals surface area contributed by atoms with E-state index >= 15 is 0 Å². The quantitative estimate of drug-likeness (QED) is 0.889. The van der Waals surface area contributed by atoms with Gasteiger partial charge in [0.15, 0.2) is 0 Å². The maximum Gasteiger partial charge on any atom is 0.219 e. The lowest BCUT2D eigenvalue weighted by Crippen LogP contribution is -2.15. The summed E-state index contributed by atoms with van der Waals surface area (Å²) in [5.74, 6) is 1.41. The Morgan fingerprint density at radius 2 is 2.10 bits per heavy atom. The van der Waals surface area contributed by atoms with Crippen LogP contribution in [0.25, 0.3) is 0 Å². The second-order valence-corrected chi connectivity index (χ2v) is 6.05. The molecule has 1 aromatic heterocycles. The van der Waals surface area contributed by atoms with Gasteiger partial charge in [-0.3, -0.25) is 0 Å². The van der Waals surface area contributed by atoms with Gasteiger partial charge in [0, 0.05) is 24.8 Å². The van der Waals surface area contributed by atoms with E-state index < -0.39 is 0 Å². The van der Waals surface area contributed by atoms with E-state index in [-0.39, 0.29) is 0 Å². The molecular formula is C17H19ClN2O. The monoisotopic (exact) mass is 302 g/mol. The van der Waals surface area contributed by atoms with Gasteiger partial charge >= 0.3 is 0 Å². The van der Waals surface area contributed by atoms with Crippen molar-refractivity contribution in [3.8, 4) is 11.6 Å². The minimum atomic E-state index is 0.582. The highest BCUT2D eigenvalue weighted by atomic mass is 35.5. The molecule has 0 spiro atoms. The largest absolute Gasteiger partial charge is 0.439 e. The smallest absolute Gasteiger partial charge is 0.219 e. The number of hydrogen-bond donors (Lipinski definition) is 1. The van der Waals surface area contributed by atoms with Gasteiger partial charge in [-0.1, -0.05) is 29.3 Å². The lowest BCUT2D eigenvalue weighted by molar-refractivity contribution is 0.458. The third kappa shape index (κ3) is 3.74. The minimum Gasteiger partial charge on any atom is -0.439 e. The molecule has 0 saturated heterocycles. The molecule has 0 atom stereocenters. The highest BCUT2D eigenvalue weighted by Crippen LogP contribution is 2.27. The van der Waals surface area contributed by atoms with Gasteiger partial charge in [-0.2, -0.15) is 0 Å².